The summed E-state index contributed by atoms with van der Waals surface area (Å²) in [4.78, 5) is 18.2. The summed E-state index contributed by atoms with van der Waals surface area (Å²) >= 11 is 1.28. The number of rotatable bonds is 12. The Morgan fingerprint density at radius 1 is 1.21 bits per heavy atom. The van der Waals surface area contributed by atoms with Crippen molar-refractivity contribution in [3.05, 3.63) is 65.9 Å². The summed E-state index contributed by atoms with van der Waals surface area (Å²) in [6, 6.07) is 11.3. The van der Waals surface area contributed by atoms with E-state index in [0.29, 0.717) is 42.9 Å². The van der Waals surface area contributed by atoms with Crippen LogP contribution in [0.5, 0.6) is 5.75 Å². The maximum atomic E-state index is 15.5. The minimum absolute atomic E-state index is 0.0755. The third kappa shape index (κ3) is 7.20. The van der Waals surface area contributed by atoms with E-state index < -0.39 is 23.8 Å². The molecule has 1 aliphatic heterocycles. The van der Waals surface area contributed by atoms with Crippen LogP contribution in [0.25, 0.3) is 10.9 Å². The molecule has 38 heavy (non-hydrogen) atoms. The molecule has 0 bridgehead atoms. The normalized spacial score (nSPS) is 18.9. The molecule has 2 aromatic carbocycles. The molecule has 3 atom stereocenters. The zero-order valence-electron chi connectivity index (χ0n) is 21.4. The van der Waals surface area contributed by atoms with E-state index in [-0.39, 0.29) is 23.2 Å². The Hall–Kier alpha value is -2.78. The molecule has 204 valence electrons. The van der Waals surface area contributed by atoms with Gasteiger partial charge in [0, 0.05) is 41.7 Å². The SMILES string of the molecule is COc1ccc2nccc(C(F)CC[C@@H]3CCN(CCSc4cccc(F)c4F)C[C@@H]3CCC(=O)O)c2c1. The molecule has 1 aliphatic rings. The fourth-order valence-corrected chi connectivity index (χ4v) is 6.29. The van der Waals surface area contributed by atoms with Gasteiger partial charge in [0.15, 0.2) is 11.6 Å². The van der Waals surface area contributed by atoms with E-state index in [1.807, 2.05) is 12.1 Å². The first kappa shape index (κ1) is 28.2. The number of fused-ring (bicyclic) bond motifs is 1. The Labute approximate surface area is 225 Å². The summed E-state index contributed by atoms with van der Waals surface area (Å²) in [7, 11) is 1.58. The van der Waals surface area contributed by atoms with Gasteiger partial charge in [-0.2, -0.15) is 0 Å². The third-order valence-corrected chi connectivity index (χ3v) is 8.41. The van der Waals surface area contributed by atoms with E-state index in [9.17, 15) is 18.7 Å². The van der Waals surface area contributed by atoms with E-state index in [1.54, 1.807) is 31.5 Å². The van der Waals surface area contributed by atoms with Crippen LogP contribution in [0.2, 0.25) is 0 Å². The van der Waals surface area contributed by atoms with Crippen LogP contribution < -0.4 is 4.74 Å². The highest BCUT2D eigenvalue weighted by atomic mass is 32.2. The second-order valence-electron chi connectivity index (χ2n) is 9.77. The predicted octanol–water partition coefficient (Wildman–Crippen LogP) is 6.91. The molecule has 1 unspecified atom stereocenters. The number of methoxy groups -OCH3 is 1. The number of nitrogens with zero attached hydrogens (tertiary/aromatic N) is 2. The quantitative estimate of drug-likeness (QED) is 0.249. The van der Waals surface area contributed by atoms with Gasteiger partial charge in [0.05, 0.1) is 12.6 Å². The van der Waals surface area contributed by atoms with Gasteiger partial charge in [-0.25, -0.2) is 13.2 Å². The third-order valence-electron chi connectivity index (χ3n) is 7.40. The van der Waals surface area contributed by atoms with Gasteiger partial charge in [-0.1, -0.05) is 6.07 Å². The Morgan fingerprint density at radius 3 is 2.84 bits per heavy atom. The molecule has 0 radical (unpaired) electrons. The number of halogens is 3. The fourth-order valence-electron chi connectivity index (χ4n) is 5.32. The summed E-state index contributed by atoms with van der Waals surface area (Å²) in [5, 5.41) is 10.0. The highest BCUT2D eigenvalue weighted by molar-refractivity contribution is 7.99. The number of hydrogen-bond acceptors (Lipinski definition) is 5. The number of carbonyl (C=O) groups is 1. The maximum absolute atomic E-state index is 15.5. The number of carboxylic acids is 1. The fraction of sp³-hybridized carbons (Fsp3) is 0.448. The topological polar surface area (TPSA) is 62.7 Å². The second-order valence-corrected chi connectivity index (χ2v) is 10.9. The van der Waals surface area contributed by atoms with Crippen LogP contribution in [0.3, 0.4) is 0 Å². The van der Waals surface area contributed by atoms with Crippen LogP contribution in [-0.2, 0) is 4.79 Å². The Morgan fingerprint density at radius 2 is 2.05 bits per heavy atom. The molecule has 1 saturated heterocycles. The smallest absolute Gasteiger partial charge is 0.303 e. The van der Waals surface area contributed by atoms with Crippen molar-refractivity contribution in [2.24, 2.45) is 11.8 Å². The lowest BCUT2D eigenvalue weighted by Crippen LogP contribution is -2.41. The minimum Gasteiger partial charge on any atom is -0.497 e. The molecule has 0 aliphatic carbocycles. The van der Waals surface area contributed by atoms with Crippen molar-refractivity contribution in [2.45, 2.75) is 43.2 Å². The highest BCUT2D eigenvalue weighted by Crippen LogP contribution is 2.37. The minimum atomic E-state index is -1.16. The number of ether oxygens (including phenoxy) is 1. The lowest BCUT2D eigenvalue weighted by atomic mass is 9.79. The molecule has 5 nitrogen and oxygen atoms in total. The van der Waals surface area contributed by atoms with Crippen molar-refractivity contribution in [3.8, 4) is 5.75 Å². The van der Waals surface area contributed by atoms with Crippen molar-refractivity contribution in [1.82, 2.24) is 9.88 Å². The number of alkyl halides is 1. The van der Waals surface area contributed by atoms with E-state index in [4.69, 9.17) is 4.74 Å². The molecule has 1 N–H and O–H groups in total. The molecule has 0 spiro atoms. The number of likely N-dealkylation sites (tertiary alicyclic amines) is 1. The standard InChI is InChI=1S/C29H33F3N2O3S/c1-37-21-7-9-26-23(17-21)22(11-13-33-26)24(30)8-5-19-12-14-34(18-20(19)6-10-28(35)36)15-16-38-27-4-2-3-25(31)29(27)32/h2-4,7,9,11,13,17,19-20,24H,5-6,8,10,12,14-16,18H2,1H3,(H,35,36)/t19-,20+,24?/m1/s1. The Bertz CT molecular complexity index is 1240. The van der Waals surface area contributed by atoms with Gasteiger partial charge < -0.3 is 14.7 Å². The summed E-state index contributed by atoms with van der Waals surface area (Å²) in [6.07, 6.45) is 2.93. The van der Waals surface area contributed by atoms with Crippen LogP contribution in [0.4, 0.5) is 13.2 Å². The lowest BCUT2D eigenvalue weighted by molar-refractivity contribution is -0.137. The van der Waals surface area contributed by atoms with Gasteiger partial charge in [-0.05, 0) is 86.0 Å². The molecule has 4 rings (SSSR count). The molecular formula is C29H33F3N2O3S. The Balaban J connectivity index is 1.36. The van der Waals surface area contributed by atoms with Crippen molar-refractivity contribution in [2.75, 3.05) is 32.5 Å². The monoisotopic (exact) mass is 546 g/mol. The predicted molar refractivity (Wildman–Crippen MR) is 143 cm³/mol. The van der Waals surface area contributed by atoms with Crippen LogP contribution in [0.15, 0.2) is 53.6 Å². The van der Waals surface area contributed by atoms with Crippen LogP contribution in [0.1, 0.15) is 43.8 Å². The first-order valence-electron chi connectivity index (χ1n) is 12.9. The number of carboxylic acid groups (broad SMARTS) is 1. The number of aliphatic carboxylic acids is 1. The average molecular weight is 547 g/mol. The van der Waals surface area contributed by atoms with Crippen molar-refractivity contribution < 1.29 is 27.8 Å². The maximum Gasteiger partial charge on any atom is 0.303 e. The number of thioether (sulfide) groups is 1. The van der Waals surface area contributed by atoms with Gasteiger partial charge in [0.25, 0.3) is 0 Å². The number of benzene rings is 2. The summed E-state index contributed by atoms with van der Waals surface area (Å²) in [5.74, 6) is -0.901. The lowest BCUT2D eigenvalue weighted by Gasteiger charge is -2.39. The van der Waals surface area contributed by atoms with Crippen molar-refractivity contribution in [3.63, 3.8) is 0 Å². The first-order valence-corrected chi connectivity index (χ1v) is 13.9. The van der Waals surface area contributed by atoms with Gasteiger partial charge in [-0.15, -0.1) is 11.8 Å². The van der Waals surface area contributed by atoms with Crippen LogP contribution in [0, 0.1) is 23.5 Å². The van der Waals surface area contributed by atoms with E-state index >= 15 is 4.39 Å². The molecule has 0 saturated carbocycles. The van der Waals surface area contributed by atoms with E-state index in [1.165, 1.54) is 17.8 Å². The number of hydrogen-bond donors (Lipinski definition) is 1. The highest BCUT2D eigenvalue weighted by Gasteiger charge is 2.30. The average Bonchev–Trinajstić information content (AvgIpc) is 2.92. The number of pyridine rings is 1. The van der Waals surface area contributed by atoms with Gasteiger partial charge in [0.1, 0.15) is 11.9 Å². The largest absolute Gasteiger partial charge is 0.497 e. The van der Waals surface area contributed by atoms with Crippen LogP contribution >= 0.6 is 11.8 Å². The molecule has 2 heterocycles. The summed E-state index contributed by atoms with van der Waals surface area (Å²) in [5.41, 5.74) is 1.31. The zero-order valence-corrected chi connectivity index (χ0v) is 22.2. The molecule has 1 fully saturated rings. The summed E-state index contributed by atoms with van der Waals surface area (Å²) < 4.78 is 48.3. The zero-order chi connectivity index (χ0) is 27.1. The molecule has 1 aromatic heterocycles. The number of aromatic nitrogens is 1. The first-order chi connectivity index (χ1) is 18.4. The Kier molecular flexibility index (Phi) is 9.91. The molecular weight excluding hydrogens is 513 g/mol. The van der Waals surface area contributed by atoms with Crippen LogP contribution in [-0.4, -0.2) is 53.5 Å². The summed E-state index contributed by atoms with van der Waals surface area (Å²) in [6.45, 7) is 2.22. The molecule has 9 heteroatoms. The van der Waals surface area contributed by atoms with E-state index in [0.717, 1.165) is 36.5 Å². The van der Waals surface area contributed by atoms with Gasteiger partial charge in [-0.3, -0.25) is 9.78 Å². The molecule has 0 amide bonds. The van der Waals surface area contributed by atoms with Gasteiger partial charge in [0.2, 0.25) is 0 Å². The van der Waals surface area contributed by atoms with Crippen molar-refractivity contribution in [1.29, 1.82) is 0 Å². The number of piperidine rings is 1. The molecule has 3 aromatic rings. The van der Waals surface area contributed by atoms with E-state index in [2.05, 4.69) is 9.88 Å². The van der Waals surface area contributed by atoms with Gasteiger partial charge >= 0.3 is 5.97 Å². The second kappa shape index (κ2) is 13.3. The van der Waals surface area contributed by atoms with Crippen molar-refractivity contribution >= 4 is 28.6 Å².